The second-order valence-corrected chi connectivity index (χ2v) is 6.56. The zero-order valence-electron chi connectivity index (χ0n) is 15.4. The van der Waals surface area contributed by atoms with Gasteiger partial charge in [0.2, 0.25) is 5.91 Å². The molecule has 1 atom stereocenters. The predicted molar refractivity (Wildman–Crippen MR) is 109 cm³/mol. The number of rotatable bonds is 5. The van der Waals surface area contributed by atoms with Crippen molar-refractivity contribution in [2.45, 2.75) is 18.9 Å². The minimum absolute atomic E-state index is 0.0132. The zero-order valence-corrected chi connectivity index (χ0v) is 15.4. The molecular formula is C22H21N5O. The maximum Gasteiger partial charge on any atom is 0.247 e. The topological polar surface area (TPSA) is 71.0 Å². The van der Waals surface area contributed by atoms with Crippen LogP contribution in [0.1, 0.15) is 30.1 Å². The van der Waals surface area contributed by atoms with E-state index in [0.717, 1.165) is 24.1 Å². The summed E-state index contributed by atoms with van der Waals surface area (Å²) >= 11 is 0. The van der Waals surface area contributed by atoms with Crippen molar-refractivity contribution < 1.29 is 4.79 Å². The van der Waals surface area contributed by atoms with E-state index in [0.29, 0.717) is 18.2 Å². The van der Waals surface area contributed by atoms with Gasteiger partial charge in [0.1, 0.15) is 11.5 Å². The third kappa shape index (κ3) is 4.06. The minimum Gasteiger partial charge on any atom is -0.330 e. The Labute approximate surface area is 164 Å². The molecule has 1 saturated heterocycles. The van der Waals surface area contributed by atoms with Crippen molar-refractivity contribution >= 4 is 23.6 Å². The summed E-state index contributed by atoms with van der Waals surface area (Å²) in [6.07, 6.45) is 10.3. The molecule has 0 saturated carbocycles. The molecular weight excluding hydrogens is 350 g/mol. The van der Waals surface area contributed by atoms with Gasteiger partial charge in [0.25, 0.3) is 0 Å². The average Bonchev–Trinajstić information content (AvgIpc) is 3.24. The molecule has 2 aromatic heterocycles. The van der Waals surface area contributed by atoms with Crippen molar-refractivity contribution in [3.05, 3.63) is 84.5 Å². The number of likely N-dealkylation sites (tertiary alicyclic amines) is 1. The highest BCUT2D eigenvalue weighted by Gasteiger charge is 2.32. The van der Waals surface area contributed by atoms with Gasteiger partial charge < -0.3 is 10.2 Å². The smallest absolute Gasteiger partial charge is 0.247 e. The zero-order chi connectivity index (χ0) is 19.2. The number of aromatic nitrogens is 3. The Morgan fingerprint density at radius 1 is 1.00 bits per heavy atom. The van der Waals surface area contributed by atoms with Crippen LogP contribution in [0.2, 0.25) is 0 Å². The van der Waals surface area contributed by atoms with Crippen LogP contribution in [-0.4, -0.2) is 32.3 Å². The van der Waals surface area contributed by atoms with E-state index in [2.05, 4.69) is 20.3 Å². The largest absolute Gasteiger partial charge is 0.330 e. The summed E-state index contributed by atoms with van der Waals surface area (Å²) in [6, 6.07) is 15.4. The molecule has 1 unspecified atom stereocenters. The van der Waals surface area contributed by atoms with Gasteiger partial charge in [-0.2, -0.15) is 0 Å². The number of nitrogens with zero attached hydrogens (tertiary/aromatic N) is 4. The van der Waals surface area contributed by atoms with Crippen molar-refractivity contribution in [2.75, 3.05) is 11.9 Å². The molecule has 3 aromatic rings. The molecule has 1 N–H and O–H groups in total. The van der Waals surface area contributed by atoms with Gasteiger partial charge in [0.15, 0.2) is 5.82 Å². The quantitative estimate of drug-likeness (QED) is 0.687. The fraction of sp³-hybridized carbons (Fsp3) is 0.182. The first-order chi connectivity index (χ1) is 13.8. The van der Waals surface area contributed by atoms with Gasteiger partial charge >= 0.3 is 0 Å². The van der Waals surface area contributed by atoms with Gasteiger partial charge in [-0.25, -0.2) is 9.97 Å². The van der Waals surface area contributed by atoms with Crippen LogP contribution in [0.3, 0.4) is 0 Å². The lowest BCUT2D eigenvalue weighted by Gasteiger charge is -2.24. The van der Waals surface area contributed by atoms with Gasteiger partial charge in [-0.05, 0) is 36.6 Å². The number of nitrogens with one attached hydrogen (secondary N) is 1. The molecule has 1 aliphatic rings. The summed E-state index contributed by atoms with van der Waals surface area (Å²) in [6.45, 7) is 0.711. The molecule has 28 heavy (non-hydrogen) atoms. The van der Waals surface area contributed by atoms with Gasteiger partial charge in [0, 0.05) is 31.2 Å². The minimum atomic E-state index is -0.104. The van der Waals surface area contributed by atoms with Gasteiger partial charge in [0.05, 0.1) is 6.04 Å². The maximum absolute atomic E-state index is 12.8. The number of hydrogen-bond donors (Lipinski definition) is 1. The summed E-state index contributed by atoms with van der Waals surface area (Å²) in [4.78, 5) is 28.0. The first-order valence-corrected chi connectivity index (χ1v) is 9.34. The first-order valence-electron chi connectivity index (χ1n) is 9.34. The lowest BCUT2D eigenvalue weighted by Crippen LogP contribution is -2.30. The fourth-order valence-corrected chi connectivity index (χ4v) is 3.39. The third-order valence-corrected chi connectivity index (χ3v) is 4.71. The summed E-state index contributed by atoms with van der Waals surface area (Å²) in [5.74, 6) is 1.32. The van der Waals surface area contributed by atoms with Crippen LogP contribution in [-0.2, 0) is 4.79 Å². The first kappa shape index (κ1) is 17.9. The number of carbonyl (C=O) groups is 1. The number of hydrogen-bond acceptors (Lipinski definition) is 5. The molecule has 0 spiro atoms. The number of benzene rings is 1. The molecule has 3 heterocycles. The molecule has 140 valence electrons. The predicted octanol–water partition coefficient (Wildman–Crippen LogP) is 3.99. The van der Waals surface area contributed by atoms with E-state index in [4.69, 9.17) is 0 Å². The van der Waals surface area contributed by atoms with E-state index in [9.17, 15) is 4.79 Å². The monoisotopic (exact) mass is 371 g/mol. The molecule has 1 amide bonds. The van der Waals surface area contributed by atoms with Crippen LogP contribution in [0.15, 0.2) is 73.2 Å². The van der Waals surface area contributed by atoms with E-state index in [-0.39, 0.29) is 11.9 Å². The normalized spacial score (nSPS) is 16.4. The molecule has 1 fully saturated rings. The molecule has 0 bridgehead atoms. The second kappa shape index (κ2) is 8.43. The van der Waals surface area contributed by atoms with Crippen LogP contribution in [0.5, 0.6) is 0 Å². The van der Waals surface area contributed by atoms with Crippen LogP contribution >= 0.6 is 0 Å². The van der Waals surface area contributed by atoms with Crippen LogP contribution < -0.4 is 5.32 Å². The SMILES string of the molecule is O=C(/C=C/c1ccccc1)N1CCCC1c1nccnc1Nc1ccccn1. The van der Waals surface area contributed by atoms with Crippen molar-refractivity contribution in [3.63, 3.8) is 0 Å². The summed E-state index contributed by atoms with van der Waals surface area (Å²) in [7, 11) is 0. The highest BCUT2D eigenvalue weighted by Crippen LogP contribution is 2.34. The van der Waals surface area contributed by atoms with Crippen molar-refractivity contribution in [1.29, 1.82) is 0 Å². The van der Waals surface area contributed by atoms with E-state index >= 15 is 0 Å². The summed E-state index contributed by atoms with van der Waals surface area (Å²) in [5, 5.41) is 3.23. The molecule has 1 aliphatic heterocycles. The molecule has 6 nitrogen and oxygen atoms in total. The van der Waals surface area contributed by atoms with Gasteiger partial charge in [-0.3, -0.25) is 9.78 Å². The summed E-state index contributed by atoms with van der Waals surface area (Å²) < 4.78 is 0. The molecule has 4 rings (SSSR count). The second-order valence-electron chi connectivity index (χ2n) is 6.56. The molecule has 1 aromatic carbocycles. The third-order valence-electron chi connectivity index (χ3n) is 4.71. The average molecular weight is 371 g/mol. The Kier molecular flexibility index (Phi) is 5.38. The standard InChI is InChI=1S/C22H21N5O/c28-20(12-11-17-7-2-1-3-8-17)27-16-6-9-18(27)21-22(25-15-14-24-21)26-19-10-4-5-13-23-19/h1-5,7-8,10-15,18H,6,9,16H2,(H,23,25,26)/b12-11+. The van der Waals surface area contributed by atoms with Gasteiger partial charge in [-0.1, -0.05) is 36.4 Å². The van der Waals surface area contributed by atoms with E-state index < -0.39 is 0 Å². The number of pyridine rings is 1. The fourth-order valence-electron chi connectivity index (χ4n) is 3.39. The Hall–Kier alpha value is -3.54. The Morgan fingerprint density at radius 2 is 1.82 bits per heavy atom. The van der Waals surface area contributed by atoms with E-state index in [1.807, 2.05) is 59.5 Å². The van der Waals surface area contributed by atoms with Crippen LogP contribution in [0.4, 0.5) is 11.6 Å². The van der Waals surface area contributed by atoms with Crippen molar-refractivity contribution in [2.24, 2.45) is 0 Å². The Morgan fingerprint density at radius 3 is 2.64 bits per heavy atom. The lowest BCUT2D eigenvalue weighted by atomic mass is 10.1. The molecule has 0 aliphatic carbocycles. The molecule has 6 heteroatoms. The Bertz CT molecular complexity index is 959. The number of amides is 1. The van der Waals surface area contributed by atoms with Crippen LogP contribution in [0, 0.1) is 0 Å². The molecule has 0 radical (unpaired) electrons. The highest BCUT2D eigenvalue weighted by atomic mass is 16.2. The van der Waals surface area contributed by atoms with Crippen molar-refractivity contribution in [3.8, 4) is 0 Å². The van der Waals surface area contributed by atoms with Crippen molar-refractivity contribution in [1.82, 2.24) is 19.9 Å². The van der Waals surface area contributed by atoms with E-state index in [1.165, 1.54) is 0 Å². The number of anilines is 2. The highest BCUT2D eigenvalue weighted by molar-refractivity contribution is 5.92. The Balaban J connectivity index is 1.55. The summed E-state index contributed by atoms with van der Waals surface area (Å²) in [5.41, 5.74) is 1.77. The van der Waals surface area contributed by atoms with Gasteiger partial charge in [-0.15, -0.1) is 0 Å². The lowest BCUT2D eigenvalue weighted by molar-refractivity contribution is -0.126. The number of carbonyl (C=O) groups excluding carboxylic acids is 1. The van der Waals surface area contributed by atoms with Crippen LogP contribution in [0.25, 0.3) is 6.08 Å². The maximum atomic E-state index is 12.8. The van der Waals surface area contributed by atoms with E-state index in [1.54, 1.807) is 24.7 Å².